The molecule has 1 unspecified atom stereocenters. The second-order valence-corrected chi connectivity index (χ2v) is 6.40. The summed E-state index contributed by atoms with van der Waals surface area (Å²) in [6, 6.07) is 0.155. The molecule has 1 aliphatic heterocycles. The van der Waals surface area contributed by atoms with Gasteiger partial charge < -0.3 is 4.74 Å². The van der Waals surface area contributed by atoms with E-state index in [4.69, 9.17) is 4.74 Å². The Kier molecular flexibility index (Phi) is 2.87. The quantitative estimate of drug-likeness (QED) is 0.683. The van der Waals surface area contributed by atoms with Gasteiger partial charge in [-0.25, -0.2) is 0 Å². The highest BCUT2D eigenvalue weighted by Gasteiger charge is 2.42. The number of carbonyl (C=O) groups excluding carboxylic acids is 1. The Labute approximate surface area is 98.1 Å². The van der Waals surface area contributed by atoms with E-state index in [9.17, 15) is 4.79 Å². The maximum Gasteiger partial charge on any atom is 0.149 e. The molecule has 1 saturated carbocycles. The third-order valence-corrected chi connectivity index (χ3v) is 3.43. The fourth-order valence-corrected chi connectivity index (χ4v) is 3.25. The highest BCUT2D eigenvalue weighted by Crippen LogP contribution is 2.32. The van der Waals surface area contributed by atoms with Crippen LogP contribution in [0, 0.1) is 0 Å². The molecular formula is C13H23NO2. The number of hydrogen-bond acceptors (Lipinski definition) is 3. The molecule has 1 saturated heterocycles. The lowest BCUT2D eigenvalue weighted by molar-refractivity contribution is -0.187. The predicted octanol–water partition coefficient (Wildman–Crippen LogP) is 2.00. The van der Waals surface area contributed by atoms with Gasteiger partial charge in [-0.3, -0.25) is 9.69 Å². The van der Waals surface area contributed by atoms with Crippen LogP contribution in [-0.2, 0) is 9.53 Å². The third kappa shape index (κ3) is 2.46. The molecule has 0 N–H and O–H groups in total. The van der Waals surface area contributed by atoms with E-state index < -0.39 is 0 Å². The van der Waals surface area contributed by atoms with Gasteiger partial charge in [0.05, 0.1) is 17.2 Å². The summed E-state index contributed by atoms with van der Waals surface area (Å²) in [4.78, 5) is 14.1. The van der Waals surface area contributed by atoms with Crippen LogP contribution in [0.15, 0.2) is 0 Å². The van der Waals surface area contributed by atoms with Crippen molar-refractivity contribution in [3.8, 4) is 0 Å². The highest BCUT2D eigenvalue weighted by molar-refractivity contribution is 5.85. The molecule has 2 aliphatic rings. The lowest BCUT2D eigenvalue weighted by atomic mass is 9.96. The zero-order valence-corrected chi connectivity index (χ0v) is 10.9. The van der Waals surface area contributed by atoms with Crippen molar-refractivity contribution in [1.29, 1.82) is 0 Å². The van der Waals surface area contributed by atoms with Crippen molar-refractivity contribution in [2.24, 2.45) is 0 Å². The number of nitrogens with zero attached hydrogens (tertiary/aromatic N) is 1. The first-order valence-electron chi connectivity index (χ1n) is 6.26. The van der Waals surface area contributed by atoms with Gasteiger partial charge >= 0.3 is 0 Å². The molecule has 0 amide bonds. The van der Waals surface area contributed by atoms with Crippen LogP contribution in [0.5, 0.6) is 0 Å². The molecule has 2 rings (SSSR count). The number of carbonyl (C=O) groups is 1. The number of rotatable bonds is 1. The first kappa shape index (κ1) is 12.1. The average Bonchev–Trinajstić information content (AvgIpc) is 2.45. The van der Waals surface area contributed by atoms with Crippen LogP contribution in [-0.4, -0.2) is 41.0 Å². The molecule has 16 heavy (non-hydrogen) atoms. The Morgan fingerprint density at radius 2 is 1.75 bits per heavy atom. The SMILES string of the molecule is CC1(C)CN(C2CCCC2=O)CC(C)(C)O1. The van der Waals surface area contributed by atoms with Crippen LogP contribution < -0.4 is 0 Å². The maximum absolute atomic E-state index is 11.8. The molecule has 3 heteroatoms. The van der Waals surface area contributed by atoms with Crippen molar-refractivity contribution >= 4 is 5.78 Å². The molecule has 2 fully saturated rings. The van der Waals surface area contributed by atoms with Gasteiger partial charge in [0.1, 0.15) is 5.78 Å². The minimum Gasteiger partial charge on any atom is -0.367 e. The largest absolute Gasteiger partial charge is 0.367 e. The maximum atomic E-state index is 11.8. The summed E-state index contributed by atoms with van der Waals surface area (Å²) in [6.45, 7) is 10.2. The standard InChI is InChI=1S/C13H23NO2/c1-12(2)8-14(9-13(3,4)16-12)10-6-5-7-11(10)15/h10H,5-9H2,1-4H3. The molecular weight excluding hydrogens is 202 g/mol. The molecule has 1 aliphatic carbocycles. The van der Waals surface area contributed by atoms with Crippen LogP contribution in [0.4, 0.5) is 0 Å². The van der Waals surface area contributed by atoms with Crippen LogP contribution in [0.25, 0.3) is 0 Å². The fraction of sp³-hybridized carbons (Fsp3) is 0.923. The third-order valence-electron chi connectivity index (χ3n) is 3.43. The van der Waals surface area contributed by atoms with E-state index >= 15 is 0 Å². The fourth-order valence-electron chi connectivity index (χ4n) is 3.25. The van der Waals surface area contributed by atoms with E-state index in [0.717, 1.165) is 32.4 Å². The summed E-state index contributed by atoms with van der Waals surface area (Å²) < 4.78 is 6.03. The Bertz CT molecular complexity index is 280. The van der Waals surface area contributed by atoms with Crippen LogP contribution in [0.3, 0.4) is 0 Å². The van der Waals surface area contributed by atoms with Crippen molar-refractivity contribution in [3.63, 3.8) is 0 Å². The number of morpholine rings is 1. The smallest absolute Gasteiger partial charge is 0.149 e. The predicted molar refractivity (Wildman–Crippen MR) is 63.5 cm³/mol. The minimum absolute atomic E-state index is 0.148. The van der Waals surface area contributed by atoms with E-state index in [0.29, 0.717) is 5.78 Å². The Hall–Kier alpha value is -0.410. The molecule has 92 valence electrons. The molecule has 0 radical (unpaired) electrons. The molecule has 1 atom stereocenters. The van der Waals surface area contributed by atoms with Crippen molar-refractivity contribution in [3.05, 3.63) is 0 Å². The molecule has 0 bridgehead atoms. The van der Waals surface area contributed by atoms with Crippen LogP contribution in [0.2, 0.25) is 0 Å². The summed E-state index contributed by atoms with van der Waals surface area (Å²) in [5, 5.41) is 0. The Morgan fingerprint density at radius 1 is 1.19 bits per heavy atom. The Morgan fingerprint density at radius 3 is 2.19 bits per heavy atom. The second kappa shape index (κ2) is 3.81. The number of ether oxygens (including phenoxy) is 1. The van der Waals surface area contributed by atoms with Gasteiger partial charge in [-0.05, 0) is 40.5 Å². The topological polar surface area (TPSA) is 29.5 Å². The molecule has 3 nitrogen and oxygen atoms in total. The van der Waals surface area contributed by atoms with E-state index in [1.807, 2.05) is 0 Å². The first-order chi connectivity index (χ1) is 7.29. The van der Waals surface area contributed by atoms with Crippen molar-refractivity contribution in [2.45, 2.75) is 64.2 Å². The van der Waals surface area contributed by atoms with E-state index in [1.165, 1.54) is 0 Å². The van der Waals surface area contributed by atoms with Gasteiger partial charge in [-0.15, -0.1) is 0 Å². The lowest BCUT2D eigenvalue weighted by Gasteiger charge is -2.48. The van der Waals surface area contributed by atoms with Gasteiger partial charge in [0.25, 0.3) is 0 Å². The molecule has 0 aromatic rings. The summed E-state index contributed by atoms with van der Waals surface area (Å²) in [7, 11) is 0. The monoisotopic (exact) mass is 225 g/mol. The second-order valence-electron chi connectivity index (χ2n) is 6.40. The molecule has 0 aromatic carbocycles. The van der Waals surface area contributed by atoms with E-state index in [2.05, 4.69) is 32.6 Å². The molecule has 0 spiro atoms. The zero-order valence-electron chi connectivity index (χ0n) is 10.9. The van der Waals surface area contributed by atoms with Gasteiger partial charge in [0, 0.05) is 19.5 Å². The van der Waals surface area contributed by atoms with Gasteiger partial charge in [-0.1, -0.05) is 0 Å². The molecule has 1 heterocycles. The summed E-state index contributed by atoms with van der Waals surface area (Å²) in [6.07, 6.45) is 2.86. The van der Waals surface area contributed by atoms with E-state index in [1.54, 1.807) is 0 Å². The average molecular weight is 225 g/mol. The zero-order chi connectivity index (χ0) is 12.0. The van der Waals surface area contributed by atoms with Crippen LogP contribution in [0.1, 0.15) is 47.0 Å². The summed E-state index contributed by atoms with van der Waals surface area (Å²) in [5.41, 5.74) is -0.296. The van der Waals surface area contributed by atoms with Gasteiger partial charge in [0.15, 0.2) is 0 Å². The number of Topliss-reactive ketones (excluding diaryl/α,β-unsaturated/α-hetero) is 1. The van der Waals surface area contributed by atoms with Crippen molar-refractivity contribution in [1.82, 2.24) is 4.90 Å². The van der Waals surface area contributed by atoms with Gasteiger partial charge in [0.2, 0.25) is 0 Å². The van der Waals surface area contributed by atoms with Gasteiger partial charge in [-0.2, -0.15) is 0 Å². The van der Waals surface area contributed by atoms with E-state index in [-0.39, 0.29) is 17.2 Å². The van der Waals surface area contributed by atoms with Crippen LogP contribution >= 0.6 is 0 Å². The number of ketones is 1. The summed E-state index contributed by atoms with van der Waals surface area (Å²) in [5.74, 6) is 0.425. The number of hydrogen-bond donors (Lipinski definition) is 0. The summed E-state index contributed by atoms with van der Waals surface area (Å²) >= 11 is 0. The van der Waals surface area contributed by atoms with Crippen molar-refractivity contribution < 1.29 is 9.53 Å². The Balaban J connectivity index is 2.13. The minimum atomic E-state index is -0.148. The normalized spacial score (nSPS) is 34.2. The lowest BCUT2D eigenvalue weighted by Crippen LogP contribution is -2.60. The first-order valence-corrected chi connectivity index (χ1v) is 6.26. The highest BCUT2D eigenvalue weighted by atomic mass is 16.5. The van der Waals surface area contributed by atoms with Crippen molar-refractivity contribution in [2.75, 3.05) is 13.1 Å². The molecule has 0 aromatic heterocycles.